The Balaban J connectivity index is 1.38. The van der Waals surface area contributed by atoms with E-state index in [1.807, 2.05) is 19.1 Å². The summed E-state index contributed by atoms with van der Waals surface area (Å²) < 4.78 is 0. The monoisotopic (exact) mass is 534 g/mol. The Hall–Kier alpha value is -3.69. The molecule has 0 atom stereocenters. The van der Waals surface area contributed by atoms with Gasteiger partial charge in [-0.15, -0.1) is 0 Å². The summed E-state index contributed by atoms with van der Waals surface area (Å²) in [6.45, 7) is 1.86. The second-order valence-electron chi connectivity index (χ2n) is 8.86. The van der Waals surface area contributed by atoms with Crippen LogP contribution in [0.1, 0.15) is 47.8 Å². The van der Waals surface area contributed by atoms with E-state index in [0.29, 0.717) is 49.5 Å². The molecule has 2 aromatic carbocycles. The summed E-state index contributed by atoms with van der Waals surface area (Å²) in [5.74, 6) is -1.28. The first kappa shape index (κ1) is 25.0. The number of aryl methyl sites for hydroxylation is 1. The first-order valence-electron chi connectivity index (χ1n) is 11.9. The smallest absolute Gasteiger partial charge is 0.337 e. The Morgan fingerprint density at radius 1 is 1.24 bits per heavy atom. The van der Waals surface area contributed by atoms with Gasteiger partial charge in [0.2, 0.25) is 5.91 Å². The van der Waals surface area contributed by atoms with Gasteiger partial charge >= 0.3 is 5.97 Å². The number of thioether (sulfide) groups is 1. The molecule has 3 N–H and O–H groups in total. The van der Waals surface area contributed by atoms with Gasteiger partial charge < -0.3 is 15.7 Å². The molecule has 1 aliphatic carbocycles. The van der Waals surface area contributed by atoms with Crippen LogP contribution in [0.15, 0.2) is 52.4 Å². The second kappa shape index (κ2) is 10.4. The molecule has 0 radical (unpaired) electrons. The Morgan fingerprint density at radius 3 is 2.76 bits per heavy atom. The van der Waals surface area contributed by atoms with Crippen LogP contribution in [0.5, 0.6) is 0 Å². The third-order valence-corrected chi connectivity index (χ3v) is 7.57. The summed E-state index contributed by atoms with van der Waals surface area (Å²) in [6, 6.07) is 12.1. The first-order valence-corrected chi connectivity index (χ1v) is 13.1. The van der Waals surface area contributed by atoms with Crippen molar-refractivity contribution in [3.05, 3.63) is 69.2 Å². The maximum atomic E-state index is 12.6. The number of anilines is 1. The molecular formula is C27H23ClN4O4S. The number of amides is 2. The quantitative estimate of drug-likeness (QED) is 0.345. The fourth-order valence-corrected chi connectivity index (χ4v) is 5.11. The molecule has 2 amide bonds. The van der Waals surface area contributed by atoms with Gasteiger partial charge in [-0.3, -0.25) is 14.6 Å². The molecule has 188 valence electrons. The van der Waals surface area contributed by atoms with Crippen molar-refractivity contribution >= 4 is 74.7 Å². The number of halogens is 1. The molecule has 8 nitrogen and oxygen atoms in total. The molecule has 1 saturated heterocycles. The molecule has 1 aliphatic heterocycles. The number of benzene rings is 2. The normalized spacial score (nSPS) is 17.7. The van der Waals surface area contributed by atoms with Gasteiger partial charge in [0.1, 0.15) is 0 Å². The molecule has 1 aromatic heterocycles. The molecule has 0 unspecified atom stereocenters. The van der Waals surface area contributed by atoms with E-state index in [1.165, 1.54) is 11.8 Å². The Kier molecular flexibility index (Phi) is 6.99. The molecule has 2 heterocycles. The van der Waals surface area contributed by atoms with Crippen LogP contribution in [0.3, 0.4) is 0 Å². The van der Waals surface area contributed by atoms with Gasteiger partial charge in [0.05, 0.1) is 32.4 Å². The number of aliphatic imine (C=N–C) groups is 1. The Bertz CT molecular complexity index is 1510. The number of rotatable bonds is 6. The van der Waals surface area contributed by atoms with Crippen molar-refractivity contribution in [1.29, 1.82) is 0 Å². The summed E-state index contributed by atoms with van der Waals surface area (Å²) >= 11 is 7.49. The van der Waals surface area contributed by atoms with E-state index in [1.54, 1.807) is 36.4 Å². The molecule has 2 fully saturated rings. The van der Waals surface area contributed by atoms with E-state index < -0.39 is 5.97 Å². The van der Waals surface area contributed by atoms with E-state index in [9.17, 15) is 19.5 Å². The van der Waals surface area contributed by atoms with Crippen LogP contribution in [-0.4, -0.2) is 33.0 Å². The standard InChI is InChI=1S/C27H23ClN4O4S/c1-2-20-18(26(35)36)12-16-10-14(6-9-21(16)30-20)11-23-25(34)32-27(37-23)31-22-13-17(7-8-19(22)28)29-24(33)15-4-3-5-15/h6-13,15H,2-5H2,1H3,(H,29,33)(H,35,36)(H,31,32,34). The average Bonchev–Trinajstić information content (AvgIpc) is 3.17. The number of fused-ring (bicyclic) bond motifs is 1. The number of nitrogens with one attached hydrogen (secondary N) is 2. The number of carboxylic acids is 1. The summed E-state index contributed by atoms with van der Waals surface area (Å²) in [7, 11) is 0. The van der Waals surface area contributed by atoms with Gasteiger partial charge in [-0.1, -0.05) is 31.0 Å². The predicted molar refractivity (Wildman–Crippen MR) is 146 cm³/mol. The lowest BCUT2D eigenvalue weighted by Gasteiger charge is -2.24. The lowest BCUT2D eigenvalue weighted by Crippen LogP contribution is -2.27. The minimum Gasteiger partial charge on any atom is -0.478 e. The molecule has 1 saturated carbocycles. The summed E-state index contributed by atoms with van der Waals surface area (Å²) in [5, 5.41) is 16.6. The number of carboxylic acid groups (broad SMARTS) is 1. The van der Waals surface area contributed by atoms with Gasteiger partial charge in [0.25, 0.3) is 5.91 Å². The zero-order chi connectivity index (χ0) is 26.1. The van der Waals surface area contributed by atoms with E-state index in [-0.39, 0.29) is 23.3 Å². The van der Waals surface area contributed by atoms with Crippen molar-refractivity contribution in [1.82, 2.24) is 10.3 Å². The fourth-order valence-electron chi connectivity index (χ4n) is 4.11. The van der Waals surface area contributed by atoms with Crippen molar-refractivity contribution in [3.63, 3.8) is 0 Å². The third-order valence-electron chi connectivity index (χ3n) is 6.34. The van der Waals surface area contributed by atoms with Crippen LogP contribution in [0.2, 0.25) is 5.02 Å². The highest BCUT2D eigenvalue weighted by Crippen LogP contribution is 2.34. The predicted octanol–water partition coefficient (Wildman–Crippen LogP) is 5.78. The van der Waals surface area contributed by atoms with E-state index in [0.717, 1.165) is 24.8 Å². The average molecular weight is 535 g/mol. The number of nitrogens with zero attached hydrogens (tertiary/aromatic N) is 2. The van der Waals surface area contributed by atoms with Crippen molar-refractivity contribution in [2.75, 3.05) is 5.32 Å². The number of amidine groups is 1. The van der Waals surface area contributed by atoms with Crippen molar-refractivity contribution in [2.45, 2.75) is 32.6 Å². The number of hydrogen-bond donors (Lipinski definition) is 3. The summed E-state index contributed by atoms with van der Waals surface area (Å²) in [6.07, 6.45) is 5.11. The third kappa shape index (κ3) is 5.38. The number of aromatic nitrogens is 1. The Morgan fingerprint density at radius 2 is 2.05 bits per heavy atom. The van der Waals surface area contributed by atoms with Gasteiger partial charge in [-0.05, 0) is 79.1 Å². The molecule has 37 heavy (non-hydrogen) atoms. The van der Waals surface area contributed by atoms with Crippen LogP contribution in [-0.2, 0) is 16.0 Å². The lowest BCUT2D eigenvalue weighted by molar-refractivity contribution is -0.122. The van der Waals surface area contributed by atoms with Gasteiger partial charge in [0, 0.05) is 17.0 Å². The van der Waals surface area contributed by atoms with Gasteiger partial charge in [0.15, 0.2) is 5.17 Å². The molecule has 0 bridgehead atoms. The fraction of sp³-hybridized carbons (Fsp3) is 0.222. The minimum atomic E-state index is -1.02. The highest BCUT2D eigenvalue weighted by atomic mass is 35.5. The van der Waals surface area contributed by atoms with Crippen LogP contribution >= 0.6 is 23.4 Å². The summed E-state index contributed by atoms with van der Waals surface area (Å²) in [5.41, 5.74) is 3.15. The zero-order valence-electron chi connectivity index (χ0n) is 19.9. The molecule has 10 heteroatoms. The summed E-state index contributed by atoms with van der Waals surface area (Å²) in [4.78, 5) is 45.9. The zero-order valence-corrected chi connectivity index (χ0v) is 21.4. The van der Waals surface area contributed by atoms with E-state index in [4.69, 9.17) is 11.6 Å². The van der Waals surface area contributed by atoms with Crippen LogP contribution < -0.4 is 10.6 Å². The molecule has 3 aromatic rings. The number of hydrogen-bond acceptors (Lipinski definition) is 6. The maximum Gasteiger partial charge on any atom is 0.337 e. The molecule has 2 aliphatic rings. The number of carbonyl (C=O) groups excluding carboxylic acids is 2. The van der Waals surface area contributed by atoms with E-state index >= 15 is 0 Å². The number of aromatic carboxylic acids is 1. The van der Waals surface area contributed by atoms with E-state index in [2.05, 4.69) is 20.6 Å². The molecule has 0 spiro atoms. The van der Waals surface area contributed by atoms with Crippen molar-refractivity contribution in [2.24, 2.45) is 10.9 Å². The minimum absolute atomic E-state index is 0.00656. The topological polar surface area (TPSA) is 121 Å². The Labute approximate surface area is 222 Å². The largest absolute Gasteiger partial charge is 0.478 e. The SMILES string of the molecule is CCc1nc2ccc(C=C3SC(=Nc4cc(NC(=O)C5CCC5)ccc4Cl)NC3=O)cc2cc1C(=O)O. The van der Waals surface area contributed by atoms with Crippen molar-refractivity contribution in [3.8, 4) is 0 Å². The highest BCUT2D eigenvalue weighted by molar-refractivity contribution is 8.18. The van der Waals surface area contributed by atoms with Crippen LogP contribution in [0.25, 0.3) is 17.0 Å². The molecule has 5 rings (SSSR count). The number of carbonyl (C=O) groups is 3. The van der Waals surface area contributed by atoms with Gasteiger partial charge in [-0.25, -0.2) is 9.79 Å². The van der Waals surface area contributed by atoms with Crippen molar-refractivity contribution < 1.29 is 19.5 Å². The molecular weight excluding hydrogens is 512 g/mol. The lowest BCUT2D eigenvalue weighted by atomic mass is 9.85. The van der Waals surface area contributed by atoms with Crippen LogP contribution in [0.4, 0.5) is 11.4 Å². The van der Waals surface area contributed by atoms with Crippen LogP contribution in [0, 0.1) is 5.92 Å². The van der Waals surface area contributed by atoms with Gasteiger partial charge in [-0.2, -0.15) is 0 Å². The second-order valence-corrected chi connectivity index (χ2v) is 10.3. The maximum absolute atomic E-state index is 12.6. The highest BCUT2D eigenvalue weighted by Gasteiger charge is 2.26. The first-order chi connectivity index (χ1) is 17.8. The number of pyridine rings is 1.